The van der Waals surface area contributed by atoms with Crippen LogP contribution < -0.4 is 10.2 Å². The molecule has 1 aliphatic rings. The molecule has 0 atom stereocenters. The molecule has 10 nitrogen and oxygen atoms in total. The molecule has 3 aromatic heterocycles. The fourth-order valence-corrected chi connectivity index (χ4v) is 3.91. The molecular formula is C24H28N8O2. The summed E-state index contributed by atoms with van der Waals surface area (Å²) in [6.07, 6.45) is 5.53. The molecule has 5 rings (SSSR count). The van der Waals surface area contributed by atoms with E-state index >= 15 is 0 Å². The highest BCUT2D eigenvalue weighted by Gasteiger charge is 2.23. The van der Waals surface area contributed by atoms with Gasteiger partial charge in [-0.25, -0.2) is 20.1 Å². The van der Waals surface area contributed by atoms with Crippen molar-refractivity contribution < 1.29 is 9.53 Å². The molecule has 0 fully saturated rings. The van der Waals surface area contributed by atoms with Gasteiger partial charge in [0.1, 0.15) is 29.7 Å². The molecule has 0 saturated carbocycles. The summed E-state index contributed by atoms with van der Waals surface area (Å²) in [6.45, 7) is 10.9. The number of hydrogen-bond donors (Lipinski definition) is 1. The molecule has 1 N–H and O–H groups in total. The first-order valence-corrected chi connectivity index (χ1v) is 11.4. The van der Waals surface area contributed by atoms with Crippen molar-refractivity contribution in [2.75, 3.05) is 12.0 Å². The molecule has 0 bridgehead atoms. The van der Waals surface area contributed by atoms with Crippen molar-refractivity contribution in [2.24, 2.45) is 5.92 Å². The molecule has 4 aromatic rings. The number of carbonyl (C=O) groups excluding carboxylic acids is 1. The summed E-state index contributed by atoms with van der Waals surface area (Å²) >= 11 is 0. The van der Waals surface area contributed by atoms with Gasteiger partial charge >= 0.3 is 0 Å². The van der Waals surface area contributed by atoms with E-state index in [1.807, 2.05) is 49.8 Å². The summed E-state index contributed by atoms with van der Waals surface area (Å²) in [5.41, 5.74) is 6.29. The van der Waals surface area contributed by atoms with Crippen molar-refractivity contribution in [1.29, 1.82) is 0 Å². The third-order valence-corrected chi connectivity index (χ3v) is 5.71. The number of hydrogen-bond acceptors (Lipinski definition) is 6. The Labute approximate surface area is 197 Å². The van der Waals surface area contributed by atoms with Gasteiger partial charge in [0, 0.05) is 23.7 Å². The van der Waals surface area contributed by atoms with Crippen molar-refractivity contribution in [3.8, 4) is 39.8 Å². The average Bonchev–Trinajstić information content (AvgIpc) is 3.50. The van der Waals surface area contributed by atoms with Gasteiger partial charge in [-0.2, -0.15) is 15.0 Å². The average molecular weight is 461 g/mol. The summed E-state index contributed by atoms with van der Waals surface area (Å²) < 4.78 is 10.1. The number of nitrogens with one attached hydrogen (secondary N) is 1. The second-order valence-electron chi connectivity index (χ2n) is 9.03. The molecule has 0 saturated heterocycles. The molecule has 0 aliphatic carbocycles. The fourth-order valence-electron chi connectivity index (χ4n) is 3.91. The minimum Gasteiger partial charge on any atom is -0.491 e. The predicted molar refractivity (Wildman–Crippen MR) is 128 cm³/mol. The van der Waals surface area contributed by atoms with Gasteiger partial charge in [0.2, 0.25) is 5.91 Å². The Morgan fingerprint density at radius 1 is 1.09 bits per heavy atom. The topological polar surface area (TPSA) is 105 Å². The van der Waals surface area contributed by atoms with Crippen LogP contribution in [0.5, 0.6) is 5.75 Å². The molecule has 1 amide bonds. The van der Waals surface area contributed by atoms with Crippen LogP contribution in [-0.4, -0.2) is 46.7 Å². The van der Waals surface area contributed by atoms with Crippen LogP contribution >= 0.6 is 0 Å². The number of rotatable bonds is 5. The Balaban J connectivity index is 1.48. The zero-order valence-electron chi connectivity index (χ0n) is 20.0. The zero-order chi connectivity index (χ0) is 24.0. The molecule has 0 radical (unpaired) electrons. The molecule has 176 valence electrons. The van der Waals surface area contributed by atoms with Gasteiger partial charge < -0.3 is 9.30 Å². The number of aryl methyl sites for hydroxylation is 1. The first-order chi connectivity index (χ1) is 16.3. The lowest BCUT2D eigenvalue weighted by molar-refractivity contribution is -0.119. The van der Waals surface area contributed by atoms with Gasteiger partial charge in [-0.15, -0.1) is 0 Å². The van der Waals surface area contributed by atoms with Crippen LogP contribution in [0.3, 0.4) is 0 Å². The monoisotopic (exact) mass is 460 g/mol. The molecule has 10 heteroatoms. The van der Waals surface area contributed by atoms with E-state index in [9.17, 15) is 4.79 Å². The van der Waals surface area contributed by atoms with Gasteiger partial charge in [-0.05, 0) is 38.5 Å². The number of nitrogens with zero attached hydrogens (tertiary/aromatic N) is 7. The third-order valence-electron chi connectivity index (χ3n) is 5.71. The third kappa shape index (κ3) is 3.95. The van der Waals surface area contributed by atoms with Gasteiger partial charge in [-0.1, -0.05) is 19.9 Å². The number of carbonyl (C=O) groups is 1. The minimum absolute atomic E-state index is 0.0916. The van der Waals surface area contributed by atoms with E-state index in [0.29, 0.717) is 13.2 Å². The molecule has 34 heavy (non-hydrogen) atoms. The first kappa shape index (κ1) is 21.9. The lowest BCUT2D eigenvalue weighted by atomic mass is 10.1. The van der Waals surface area contributed by atoms with E-state index in [-0.39, 0.29) is 17.9 Å². The van der Waals surface area contributed by atoms with E-state index in [1.165, 1.54) is 4.79 Å². The van der Waals surface area contributed by atoms with Crippen molar-refractivity contribution in [3.63, 3.8) is 0 Å². The van der Waals surface area contributed by atoms with E-state index in [1.54, 1.807) is 12.4 Å². The van der Waals surface area contributed by atoms with E-state index < -0.39 is 0 Å². The second kappa shape index (κ2) is 8.44. The number of amides is 1. The molecule has 1 aromatic carbocycles. The second-order valence-corrected chi connectivity index (χ2v) is 9.03. The molecule has 1 aliphatic heterocycles. The summed E-state index contributed by atoms with van der Waals surface area (Å²) in [4.78, 5) is 22.9. The summed E-state index contributed by atoms with van der Waals surface area (Å²) in [6, 6.07) is 6.20. The van der Waals surface area contributed by atoms with Crippen LogP contribution in [0.1, 0.15) is 39.6 Å². The van der Waals surface area contributed by atoms with Crippen LogP contribution in [0.15, 0.2) is 36.8 Å². The fraction of sp³-hybridized carbons (Fsp3) is 0.375. The maximum atomic E-state index is 12.0. The maximum Gasteiger partial charge on any atom is 0.242 e. The van der Waals surface area contributed by atoms with Crippen molar-refractivity contribution in [1.82, 2.24) is 34.2 Å². The number of benzene rings is 1. The van der Waals surface area contributed by atoms with Gasteiger partial charge in [0.05, 0.1) is 24.5 Å². The highest BCUT2D eigenvalue weighted by atomic mass is 16.5. The summed E-state index contributed by atoms with van der Waals surface area (Å²) in [7, 11) is 0. The van der Waals surface area contributed by atoms with E-state index in [0.717, 1.165) is 45.6 Å². The van der Waals surface area contributed by atoms with Crippen molar-refractivity contribution in [3.05, 3.63) is 42.6 Å². The Kier molecular flexibility index (Phi) is 5.43. The molecule has 4 heterocycles. The highest BCUT2D eigenvalue weighted by molar-refractivity contribution is 5.85. The number of aromatic nitrogens is 7. The SMILES string of the molecule is Cc1nc(-c2cn3c(n2)-c2ccc(-c4cnn(NC(=O)C(C)C)c4)cc2OCC3)n(C(C)C)n1. The molecule has 0 spiro atoms. The Hall–Kier alpha value is -3.95. The van der Waals surface area contributed by atoms with Crippen LogP contribution in [0.4, 0.5) is 0 Å². The Bertz CT molecular complexity index is 1360. The number of imidazole rings is 1. The summed E-state index contributed by atoms with van der Waals surface area (Å²) in [5.74, 6) is 2.87. The lowest BCUT2D eigenvalue weighted by Gasteiger charge is -2.09. The van der Waals surface area contributed by atoms with Gasteiger partial charge in [-0.3, -0.25) is 4.79 Å². The van der Waals surface area contributed by atoms with Gasteiger partial charge in [0.25, 0.3) is 0 Å². The van der Waals surface area contributed by atoms with E-state index in [2.05, 4.69) is 39.0 Å². The summed E-state index contributed by atoms with van der Waals surface area (Å²) in [5, 5.41) is 8.78. The van der Waals surface area contributed by atoms with Gasteiger partial charge in [0.15, 0.2) is 5.82 Å². The quantitative estimate of drug-likeness (QED) is 0.487. The smallest absolute Gasteiger partial charge is 0.242 e. The predicted octanol–water partition coefficient (Wildman–Crippen LogP) is 3.68. The maximum absolute atomic E-state index is 12.0. The van der Waals surface area contributed by atoms with Crippen molar-refractivity contribution in [2.45, 2.75) is 47.2 Å². The Morgan fingerprint density at radius 3 is 2.68 bits per heavy atom. The normalized spacial score (nSPS) is 12.9. The zero-order valence-corrected chi connectivity index (χ0v) is 20.0. The number of ether oxygens (including phenoxy) is 1. The van der Waals surface area contributed by atoms with E-state index in [4.69, 9.17) is 9.72 Å². The van der Waals surface area contributed by atoms with Crippen LogP contribution in [0, 0.1) is 12.8 Å². The minimum atomic E-state index is -0.125. The molecule has 0 unspecified atom stereocenters. The first-order valence-electron chi connectivity index (χ1n) is 11.4. The lowest BCUT2D eigenvalue weighted by Crippen LogP contribution is -2.26. The standard InChI is InChI=1S/C24H28N8O2/c1-14(2)24(33)29-31-12-18(11-25-31)17-6-7-19-21(10-17)34-9-8-30-13-20(27-22(19)30)23-26-16(5)28-32(23)15(3)4/h6-7,10-15H,8-9H2,1-5H3,(H,29,33). The highest BCUT2D eigenvalue weighted by Crippen LogP contribution is 2.36. The Morgan fingerprint density at radius 2 is 1.91 bits per heavy atom. The number of fused-ring (bicyclic) bond motifs is 3. The van der Waals surface area contributed by atoms with Crippen molar-refractivity contribution >= 4 is 5.91 Å². The van der Waals surface area contributed by atoms with Crippen LogP contribution in [0.2, 0.25) is 0 Å². The largest absolute Gasteiger partial charge is 0.491 e. The molecular weight excluding hydrogens is 432 g/mol. The van der Waals surface area contributed by atoms with Crippen LogP contribution in [0.25, 0.3) is 34.0 Å². The van der Waals surface area contributed by atoms with Crippen LogP contribution in [-0.2, 0) is 11.3 Å².